The molecule has 9 heteroatoms. The Kier molecular flexibility index (Phi) is 5.43. The lowest BCUT2D eigenvalue weighted by Crippen LogP contribution is -2.43. The van der Waals surface area contributed by atoms with Crippen LogP contribution in [0.25, 0.3) is 11.1 Å². The molecule has 1 saturated heterocycles. The average Bonchev–Trinajstić information content (AvgIpc) is 2.87. The van der Waals surface area contributed by atoms with Crippen molar-refractivity contribution in [2.75, 3.05) is 19.6 Å². The lowest BCUT2D eigenvalue weighted by atomic mass is 9.92. The van der Waals surface area contributed by atoms with E-state index in [1.807, 2.05) is 4.90 Å². The van der Waals surface area contributed by atoms with E-state index in [2.05, 4.69) is 18.6 Å². The van der Waals surface area contributed by atoms with Crippen molar-refractivity contribution in [1.29, 1.82) is 0 Å². The summed E-state index contributed by atoms with van der Waals surface area (Å²) in [5, 5.41) is 0. The topological polar surface area (TPSA) is 102 Å². The van der Waals surface area contributed by atoms with Crippen LogP contribution in [0.4, 0.5) is 0 Å². The summed E-state index contributed by atoms with van der Waals surface area (Å²) in [7, 11) is -2.25. The van der Waals surface area contributed by atoms with Gasteiger partial charge in [-0.1, -0.05) is 13.8 Å². The summed E-state index contributed by atoms with van der Waals surface area (Å²) in [6.45, 7) is 5.71. The number of fused-ring (bicyclic) bond motifs is 1. The Hall–Kier alpha value is -2.13. The zero-order valence-electron chi connectivity index (χ0n) is 15.8. The van der Waals surface area contributed by atoms with Crippen molar-refractivity contribution < 1.29 is 17.6 Å². The van der Waals surface area contributed by atoms with Gasteiger partial charge < -0.3 is 9.32 Å². The van der Waals surface area contributed by atoms with Crippen LogP contribution in [0.5, 0.6) is 0 Å². The monoisotopic (exact) mass is 395 g/mol. The summed E-state index contributed by atoms with van der Waals surface area (Å²) in [6.07, 6.45) is 1.22. The second-order valence-corrected chi connectivity index (χ2v) is 9.22. The van der Waals surface area contributed by atoms with Crippen molar-refractivity contribution in [3.63, 3.8) is 0 Å². The van der Waals surface area contributed by atoms with Crippen molar-refractivity contribution in [3.8, 4) is 0 Å². The van der Waals surface area contributed by atoms with Gasteiger partial charge in [0.1, 0.15) is 0 Å². The lowest BCUT2D eigenvalue weighted by molar-refractivity contribution is -0.133. The number of piperidine rings is 1. The fraction of sp³-hybridized carbons (Fsp3) is 0.556. The molecule has 0 bridgehead atoms. The van der Waals surface area contributed by atoms with Crippen LogP contribution in [0, 0.1) is 11.8 Å². The van der Waals surface area contributed by atoms with Crippen molar-refractivity contribution in [3.05, 3.63) is 28.7 Å². The van der Waals surface area contributed by atoms with E-state index in [4.69, 9.17) is 4.42 Å². The Labute approximate surface area is 158 Å². The first-order chi connectivity index (χ1) is 12.7. The second-order valence-electron chi connectivity index (χ2n) is 7.45. The van der Waals surface area contributed by atoms with E-state index in [9.17, 15) is 18.0 Å². The van der Waals surface area contributed by atoms with Crippen LogP contribution in [-0.4, -0.2) is 43.4 Å². The molecule has 2 atom stereocenters. The zero-order valence-corrected chi connectivity index (χ0v) is 16.6. The molecule has 148 valence electrons. The highest BCUT2D eigenvalue weighted by atomic mass is 32.2. The number of hydrogen-bond donors (Lipinski definition) is 1. The molecule has 0 aliphatic carbocycles. The Bertz CT molecular complexity index is 998. The van der Waals surface area contributed by atoms with Gasteiger partial charge >= 0.3 is 5.76 Å². The molecular formula is C18H25N3O5S. The quantitative estimate of drug-likeness (QED) is 0.822. The maximum atomic E-state index is 12.5. The SMILES string of the molecule is C[C@@H]1C[C@H](C)CN(C(=O)CCNS(=O)(=O)c2ccc3c(c2)oc(=O)n3C)C1. The molecule has 1 aromatic heterocycles. The number of aryl methyl sites for hydroxylation is 1. The maximum absolute atomic E-state index is 12.5. The number of rotatable bonds is 5. The number of likely N-dealkylation sites (tertiary alicyclic amines) is 1. The van der Waals surface area contributed by atoms with Gasteiger partial charge in [0.25, 0.3) is 0 Å². The van der Waals surface area contributed by atoms with E-state index in [1.165, 1.54) is 22.8 Å². The van der Waals surface area contributed by atoms with Gasteiger partial charge in [0.15, 0.2) is 5.58 Å². The summed E-state index contributed by atoms with van der Waals surface area (Å²) in [5.41, 5.74) is 0.722. The predicted molar refractivity (Wildman–Crippen MR) is 101 cm³/mol. The molecule has 27 heavy (non-hydrogen) atoms. The van der Waals surface area contributed by atoms with Gasteiger partial charge in [-0.25, -0.2) is 17.9 Å². The van der Waals surface area contributed by atoms with Gasteiger partial charge in [-0.15, -0.1) is 0 Å². The number of nitrogens with zero attached hydrogens (tertiary/aromatic N) is 2. The number of amides is 1. The number of aromatic nitrogens is 1. The molecule has 8 nitrogen and oxygen atoms in total. The number of hydrogen-bond acceptors (Lipinski definition) is 5. The largest absolute Gasteiger partial charge is 0.419 e. The van der Waals surface area contributed by atoms with E-state index in [1.54, 1.807) is 7.05 Å². The number of oxazole rings is 1. The van der Waals surface area contributed by atoms with E-state index >= 15 is 0 Å². The fourth-order valence-corrected chi connectivity index (χ4v) is 4.73. The molecule has 0 radical (unpaired) electrons. The van der Waals surface area contributed by atoms with Crippen LogP contribution in [-0.2, 0) is 21.9 Å². The van der Waals surface area contributed by atoms with Crippen LogP contribution in [0.15, 0.2) is 32.3 Å². The third kappa shape index (κ3) is 4.24. The van der Waals surface area contributed by atoms with Gasteiger partial charge in [0.2, 0.25) is 15.9 Å². The highest BCUT2D eigenvalue weighted by Crippen LogP contribution is 2.21. The summed E-state index contributed by atoms with van der Waals surface area (Å²) >= 11 is 0. The molecule has 1 N–H and O–H groups in total. The van der Waals surface area contributed by atoms with Crippen LogP contribution in [0.1, 0.15) is 26.7 Å². The van der Waals surface area contributed by atoms with Crippen molar-refractivity contribution in [2.24, 2.45) is 18.9 Å². The average molecular weight is 395 g/mol. The minimum Gasteiger partial charge on any atom is -0.408 e. The van der Waals surface area contributed by atoms with Gasteiger partial charge in [-0.3, -0.25) is 9.36 Å². The minimum atomic E-state index is -3.80. The molecule has 0 saturated carbocycles. The van der Waals surface area contributed by atoms with Crippen LogP contribution in [0.3, 0.4) is 0 Å². The predicted octanol–water partition coefficient (Wildman–Crippen LogP) is 1.30. The minimum absolute atomic E-state index is 0.00276. The van der Waals surface area contributed by atoms with Crippen LogP contribution < -0.4 is 10.5 Å². The third-order valence-electron chi connectivity index (χ3n) is 4.93. The smallest absolute Gasteiger partial charge is 0.408 e. The van der Waals surface area contributed by atoms with Crippen molar-refractivity contribution in [2.45, 2.75) is 31.6 Å². The van der Waals surface area contributed by atoms with Gasteiger partial charge in [-0.05, 0) is 30.4 Å². The van der Waals surface area contributed by atoms with E-state index in [-0.39, 0.29) is 29.4 Å². The molecule has 1 amide bonds. The maximum Gasteiger partial charge on any atom is 0.419 e. The van der Waals surface area contributed by atoms with Gasteiger partial charge in [0.05, 0.1) is 10.4 Å². The number of nitrogens with one attached hydrogen (secondary N) is 1. The summed E-state index contributed by atoms with van der Waals surface area (Å²) in [5.74, 6) is 0.326. The highest BCUT2D eigenvalue weighted by Gasteiger charge is 2.25. The second kappa shape index (κ2) is 7.47. The molecule has 0 unspecified atom stereocenters. The highest BCUT2D eigenvalue weighted by molar-refractivity contribution is 7.89. The summed E-state index contributed by atoms with van der Waals surface area (Å²) < 4.78 is 33.7. The summed E-state index contributed by atoms with van der Waals surface area (Å²) in [6, 6.07) is 4.25. The molecule has 0 spiro atoms. The van der Waals surface area contributed by atoms with Crippen LogP contribution in [0.2, 0.25) is 0 Å². The van der Waals surface area contributed by atoms with Gasteiger partial charge in [-0.2, -0.15) is 0 Å². The molecule has 1 fully saturated rings. The molecule has 2 heterocycles. The van der Waals surface area contributed by atoms with E-state index in [0.717, 1.165) is 19.5 Å². The fourth-order valence-electron chi connectivity index (χ4n) is 3.68. The van der Waals surface area contributed by atoms with Crippen molar-refractivity contribution >= 4 is 27.0 Å². The Balaban J connectivity index is 1.63. The molecule has 1 aromatic carbocycles. The third-order valence-corrected chi connectivity index (χ3v) is 6.39. The molecule has 1 aliphatic heterocycles. The number of benzene rings is 1. The number of sulfonamides is 1. The summed E-state index contributed by atoms with van der Waals surface area (Å²) in [4.78, 5) is 25.7. The zero-order chi connectivity index (χ0) is 19.8. The van der Waals surface area contributed by atoms with E-state index < -0.39 is 15.8 Å². The molecule has 2 aromatic rings. The molecule has 1 aliphatic rings. The Morgan fingerprint density at radius 3 is 2.59 bits per heavy atom. The number of carbonyl (C=O) groups excluding carboxylic acids is 1. The first-order valence-electron chi connectivity index (χ1n) is 9.04. The first-order valence-corrected chi connectivity index (χ1v) is 10.5. The van der Waals surface area contributed by atoms with E-state index in [0.29, 0.717) is 17.4 Å². The lowest BCUT2D eigenvalue weighted by Gasteiger charge is -2.35. The van der Waals surface area contributed by atoms with Crippen molar-refractivity contribution in [1.82, 2.24) is 14.2 Å². The number of carbonyl (C=O) groups is 1. The van der Waals surface area contributed by atoms with Gasteiger partial charge in [0, 0.05) is 39.2 Å². The molecular weight excluding hydrogens is 370 g/mol. The Morgan fingerprint density at radius 2 is 1.93 bits per heavy atom. The van der Waals surface area contributed by atoms with Crippen LogP contribution >= 0.6 is 0 Å². The molecule has 3 rings (SSSR count). The Morgan fingerprint density at radius 1 is 1.26 bits per heavy atom. The standard InChI is InChI=1S/C18H25N3O5S/c1-12-8-13(2)11-21(10-12)17(22)6-7-19-27(24,25)14-4-5-15-16(9-14)26-18(23)20(15)3/h4-5,9,12-13,19H,6-8,10-11H2,1-3H3/t12-,13+. The normalized spacial score (nSPS) is 20.9. The first kappa shape index (κ1) is 19.6.